The van der Waals surface area contributed by atoms with Crippen LogP contribution in [0.3, 0.4) is 0 Å². The third-order valence-corrected chi connectivity index (χ3v) is 4.76. The Morgan fingerprint density at radius 2 is 2.00 bits per heavy atom. The molecule has 4 atom stereocenters. The SMILES string of the molecule is CC1(C)O[C@@H]2[C@H](O1)[C@H]1COc3c(I)c(=O)[nH]c(=O)n3[C@@H]2O1. The van der Waals surface area contributed by atoms with Crippen LogP contribution in [0.25, 0.3) is 0 Å². The number of fused-ring (bicyclic) bond motifs is 7. The molecule has 4 heterocycles. The van der Waals surface area contributed by atoms with Crippen molar-refractivity contribution in [2.75, 3.05) is 6.61 Å². The Balaban J connectivity index is 1.89. The molecule has 2 saturated heterocycles. The summed E-state index contributed by atoms with van der Waals surface area (Å²) in [6, 6.07) is 0. The summed E-state index contributed by atoms with van der Waals surface area (Å²) in [5, 5.41) is 0. The molecule has 21 heavy (non-hydrogen) atoms. The van der Waals surface area contributed by atoms with Gasteiger partial charge < -0.3 is 18.9 Å². The lowest BCUT2D eigenvalue weighted by molar-refractivity contribution is -0.195. The molecule has 0 spiro atoms. The average molecular weight is 408 g/mol. The fraction of sp³-hybridized carbons (Fsp3) is 0.667. The molecule has 8 nitrogen and oxygen atoms in total. The Morgan fingerprint density at radius 1 is 1.29 bits per heavy atom. The molecular formula is C12H13IN2O6. The van der Waals surface area contributed by atoms with E-state index < -0.39 is 29.4 Å². The van der Waals surface area contributed by atoms with Gasteiger partial charge in [-0.15, -0.1) is 0 Å². The van der Waals surface area contributed by atoms with E-state index in [4.69, 9.17) is 18.9 Å². The van der Waals surface area contributed by atoms with Gasteiger partial charge in [-0.25, -0.2) is 9.36 Å². The minimum Gasteiger partial charge on any atom is -0.475 e. The highest BCUT2D eigenvalue weighted by molar-refractivity contribution is 14.1. The van der Waals surface area contributed by atoms with E-state index in [-0.39, 0.29) is 24.7 Å². The highest BCUT2D eigenvalue weighted by Crippen LogP contribution is 2.45. The number of H-pyrrole nitrogens is 1. The number of nitrogens with one attached hydrogen (secondary N) is 1. The lowest BCUT2D eigenvalue weighted by Crippen LogP contribution is -2.41. The number of halogens is 1. The number of aromatic nitrogens is 2. The molecule has 1 aromatic heterocycles. The number of nitrogens with zero attached hydrogens (tertiary/aromatic N) is 1. The minimum atomic E-state index is -0.737. The van der Waals surface area contributed by atoms with Gasteiger partial charge in [0.25, 0.3) is 5.56 Å². The van der Waals surface area contributed by atoms with Gasteiger partial charge in [0.2, 0.25) is 5.88 Å². The fourth-order valence-corrected chi connectivity index (χ4v) is 3.58. The van der Waals surface area contributed by atoms with Crippen molar-refractivity contribution in [1.82, 2.24) is 9.55 Å². The summed E-state index contributed by atoms with van der Waals surface area (Å²) in [5.41, 5.74) is -1.04. The van der Waals surface area contributed by atoms with E-state index in [1.807, 2.05) is 36.4 Å². The van der Waals surface area contributed by atoms with Gasteiger partial charge in [0.15, 0.2) is 12.0 Å². The second-order valence-electron chi connectivity index (χ2n) is 5.69. The summed E-state index contributed by atoms with van der Waals surface area (Å²) in [7, 11) is 0. The summed E-state index contributed by atoms with van der Waals surface area (Å²) in [4.78, 5) is 26.1. The third-order valence-electron chi connectivity index (χ3n) is 3.81. The fourth-order valence-electron chi connectivity index (χ4n) is 3.03. The molecule has 1 N–H and O–H groups in total. The first-order valence-electron chi connectivity index (χ1n) is 6.55. The van der Waals surface area contributed by atoms with Crippen molar-refractivity contribution < 1.29 is 18.9 Å². The van der Waals surface area contributed by atoms with Crippen molar-refractivity contribution in [2.45, 2.75) is 44.2 Å². The molecule has 2 fully saturated rings. The van der Waals surface area contributed by atoms with Gasteiger partial charge in [0.1, 0.15) is 28.5 Å². The number of ether oxygens (including phenoxy) is 4. The Morgan fingerprint density at radius 3 is 2.76 bits per heavy atom. The van der Waals surface area contributed by atoms with E-state index in [0.29, 0.717) is 3.57 Å². The van der Waals surface area contributed by atoms with E-state index in [2.05, 4.69) is 4.98 Å². The van der Waals surface area contributed by atoms with Gasteiger partial charge in [0.05, 0.1) is 0 Å². The van der Waals surface area contributed by atoms with Gasteiger partial charge in [-0.1, -0.05) is 0 Å². The molecule has 1 aromatic rings. The molecule has 0 aromatic carbocycles. The van der Waals surface area contributed by atoms with Crippen molar-refractivity contribution in [2.24, 2.45) is 0 Å². The Labute approximate surface area is 132 Å². The van der Waals surface area contributed by atoms with Gasteiger partial charge in [-0.2, -0.15) is 0 Å². The van der Waals surface area contributed by atoms with Gasteiger partial charge in [-0.05, 0) is 36.4 Å². The molecule has 0 aliphatic carbocycles. The molecule has 0 radical (unpaired) electrons. The van der Waals surface area contributed by atoms with Gasteiger partial charge in [-0.3, -0.25) is 9.78 Å². The van der Waals surface area contributed by atoms with Crippen molar-refractivity contribution in [3.63, 3.8) is 0 Å². The number of aromatic amines is 1. The van der Waals surface area contributed by atoms with E-state index in [9.17, 15) is 9.59 Å². The molecule has 114 valence electrons. The van der Waals surface area contributed by atoms with Crippen LogP contribution < -0.4 is 16.0 Å². The second-order valence-corrected chi connectivity index (χ2v) is 6.77. The van der Waals surface area contributed by atoms with Crippen molar-refractivity contribution >= 4 is 22.6 Å². The van der Waals surface area contributed by atoms with Crippen molar-refractivity contribution in [1.29, 1.82) is 0 Å². The average Bonchev–Trinajstić information content (AvgIpc) is 2.78. The first-order valence-corrected chi connectivity index (χ1v) is 7.63. The molecule has 4 rings (SSSR count). The zero-order valence-corrected chi connectivity index (χ0v) is 13.4. The largest absolute Gasteiger partial charge is 0.475 e. The van der Waals surface area contributed by atoms with Crippen LogP contribution in [0.5, 0.6) is 5.88 Å². The first kappa shape index (κ1) is 13.7. The summed E-state index contributed by atoms with van der Waals surface area (Å²) in [6.07, 6.45) is -1.72. The van der Waals surface area contributed by atoms with Crippen molar-refractivity contribution in [3.05, 3.63) is 24.4 Å². The lowest BCUT2D eigenvalue weighted by Gasteiger charge is -2.23. The normalized spacial score (nSPS) is 35.8. The molecule has 3 aliphatic rings. The molecule has 0 unspecified atom stereocenters. The van der Waals surface area contributed by atoms with E-state index in [1.165, 1.54) is 4.57 Å². The molecule has 0 amide bonds. The zero-order chi connectivity index (χ0) is 14.9. The molecule has 3 aliphatic heterocycles. The maximum atomic E-state index is 12.2. The predicted octanol–water partition coefficient (Wildman–Crippen LogP) is -0.0489. The maximum Gasteiger partial charge on any atom is 0.333 e. The van der Waals surface area contributed by atoms with Crippen LogP contribution in [0.2, 0.25) is 0 Å². The van der Waals surface area contributed by atoms with Crippen LogP contribution in [0.4, 0.5) is 0 Å². The zero-order valence-electron chi connectivity index (χ0n) is 11.3. The van der Waals surface area contributed by atoms with E-state index >= 15 is 0 Å². The quantitative estimate of drug-likeness (QED) is 0.606. The lowest BCUT2D eigenvalue weighted by atomic mass is 10.1. The second kappa shape index (κ2) is 4.31. The smallest absolute Gasteiger partial charge is 0.333 e. The van der Waals surface area contributed by atoms with Crippen LogP contribution in [0, 0.1) is 3.57 Å². The van der Waals surface area contributed by atoms with Gasteiger partial charge >= 0.3 is 5.69 Å². The summed E-state index contributed by atoms with van der Waals surface area (Å²) < 4.78 is 24.8. The topological polar surface area (TPSA) is 91.8 Å². The monoisotopic (exact) mass is 408 g/mol. The van der Waals surface area contributed by atoms with E-state index in [1.54, 1.807) is 0 Å². The number of hydrogen-bond donors (Lipinski definition) is 1. The maximum absolute atomic E-state index is 12.2. The molecule has 2 bridgehead atoms. The van der Waals surface area contributed by atoms with Crippen LogP contribution in [0.1, 0.15) is 20.1 Å². The predicted molar refractivity (Wildman–Crippen MR) is 77.3 cm³/mol. The Hall–Kier alpha value is -0.910. The van der Waals surface area contributed by atoms with Crippen LogP contribution in [0.15, 0.2) is 9.59 Å². The third kappa shape index (κ3) is 1.91. The minimum absolute atomic E-state index is 0.204. The van der Waals surface area contributed by atoms with Crippen LogP contribution >= 0.6 is 22.6 Å². The van der Waals surface area contributed by atoms with Crippen molar-refractivity contribution in [3.8, 4) is 5.88 Å². The number of rotatable bonds is 0. The molecule has 0 saturated carbocycles. The summed E-state index contributed by atoms with van der Waals surface area (Å²) in [5.74, 6) is -0.511. The highest BCUT2D eigenvalue weighted by Gasteiger charge is 2.58. The Kier molecular flexibility index (Phi) is 2.82. The summed E-state index contributed by atoms with van der Waals surface area (Å²) >= 11 is 1.85. The molecular weight excluding hydrogens is 395 g/mol. The highest BCUT2D eigenvalue weighted by atomic mass is 127. The van der Waals surface area contributed by atoms with Crippen LogP contribution in [-0.2, 0) is 14.2 Å². The number of hydrogen-bond acceptors (Lipinski definition) is 6. The Bertz CT molecular complexity index is 725. The molecule has 9 heteroatoms. The standard InChI is InChI=1S/C12H13IN2O6/c1-12(2)20-6-4-3-18-9-5(13)8(16)14-11(17)15(9)10(19-4)7(6)21-12/h4,6-7,10H,3H2,1-2H3,(H,14,16,17)/t4-,6-,7-,10-/m1/s1. The summed E-state index contributed by atoms with van der Waals surface area (Å²) in [6.45, 7) is 3.84. The van der Waals surface area contributed by atoms with Gasteiger partial charge in [0, 0.05) is 0 Å². The van der Waals surface area contributed by atoms with E-state index in [0.717, 1.165) is 0 Å². The van der Waals surface area contributed by atoms with Crippen LogP contribution in [-0.4, -0.2) is 40.3 Å². The first-order chi connectivity index (χ1) is 9.87.